The third-order valence-electron chi connectivity index (χ3n) is 4.03. The van der Waals surface area contributed by atoms with Gasteiger partial charge in [0, 0.05) is 16.3 Å². The number of halogens is 2. The van der Waals surface area contributed by atoms with E-state index in [1.807, 2.05) is 24.3 Å². The minimum atomic E-state index is -0.175. The fourth-order valence-corrected chi connectivity index (χ4v) is 2.93. The lowest BCUT2D eigenvalue weighted by atomic mass is 10.2. The summed E-state index contributed by atoms with van der Waals surface area (Å²) in [6, 6.07) is 14.9. The van der Waals surface area contributed by atoms with Gasteiger partial charge in [-0.25, -0.2) is 4.39 Å². The molecule has 21 heavy (non-hydrogen) atoms. The lowest BCUT2D eigenvalue weighted by molar-refractivity contribution is -0.914. The Hall–Kier alpha value is -1.58. The maximum atomic E-state index is 13.0. The van der Waals surface area contributed by atoms with Crippen LogP contribution in [0.15, 0.2) is 48.5 Å². The van der Waals surface area contributed by atoms with Crippen LogP contribution in [-0.4, -0.2) is 26.2 Å². The Bertz CT molecular complexity index is 575. The van der Waals surface area contributed by atoms with Gasteiger partial charge in [-0.05, 0) is 36.4 Å². The first-order valence-corrected chi connectivity index (χ1v) is 7.67. The van der Waals surface area contributed by atoms with Gasteiger partial charge in [0.2, 0.25) is 0 Å². The molecule has 0 saturated carbocycles. The van der Waals surface area contributed by atoms with Gasteiger partial charge >= 0.3 is 0 Å². The van der Waals surface area contributed by atoms with Crippen LogP contribution in [0.5, 0.6) is 0 Å². The topological polar surface area (TPSA) is 7.68 Å². The van der Waals surface area contributed by atoms with Gasteiger partial charge in [-0.1, -0.05) is 23.7 Å². The van der Waals surface area contributed by atoms with E-state index in [1.165, 1.54) is 17.7 Å². The summed E-state index contributed by atoms with van der Waals surface area (Å²) < 4.78 is 13.0. The van der Waals surface area contributed by atoms with Crippen LogP contribution < -0.4 is 9.80 Å². The smallest absolute Gasteiger partial charge is 0.123 e. The summed E-state index contributed by atoms with van der Waals surface area (Å²) in [6.45, 7) is 5.25. The van der Waals surface area contributed by atoms with E-state index in [0.717, 1.165) is 43.4 Å². The highest BCUT2D eigenvalue weighted by Crippen LogP contribution is 2.14. The summed E-state index contributed by atoms with van der Waals surface area (Å²) >= 11 is 5.91. The van der Waals surface area contributed by atoms with Crippen molar-refractivity contribution in [3.63, 3.8) is 0 Å². The fourth-order valence-electron chi connectivity index (χ4n) is 2.80. The largest absolute Gasteiger partial charge is 0.360 e. The molecule has 1 aliphatic rings. The van der Waals surface area contributed by atoms with Gasteiger partial charge in [-0.15, -0.1) is 0 Å². The predicted octanol–water partition coefficient (Wildman–Crippen LogP) is 2.38. The van der Waals surface area contributed by atoms with Crippen molar-refractivity contribution in [2.75, 3.05) is 31.1 Å². The lowest BCUT2D eigenvalue weighted by Crippen LogP contribution is -3.13. The highest BCUT2D eigenvalue weighted by Gasteiger charge is 2.20. The Morgan fingerprint density at radius 2 is 1.57 bits per heavy atom. The van der Waals surface area contributed by atoms with Gasteiger partial charge in [0.15, 0.2) is 0 Å². The average molecular weight is 306 g/mol. The summed E-state index contributed by atoms with van der Waals surface area (Å²) in [7, 11) is 0. The van der Waals surface area contributed by atoms with Crippen LogP contribution in [0, 0.1) is 5.82 Å². The zero-order chi connectivity index (χ0) is 14.7. The van der Waals surface area contributed by atoms with Gasteiger partial charge in [0.1, 0.15) is 12.4 Å². The van der Waals surface area contributed by atoms with Gasteiger partial charge in [-0.2, -0.15) is 0 Å². The summed E-state index contributed by atoms with van der Waals surface area (Å²) in [5.74, 6) is -0.175. The van der Waals surface area contributed by atoms with E-state index in [-0.39, 0.29) is 5.82 Å². The number of anilines is 1. The number of piperazine rings is 1. The van der Waals surface area contributed by atoms with Crippen LogP contribution in [0.2, 0.25) is 5.02 Å². The molecule has 0 radical (unpaired) electrons. The maximum absolute atomic E-state index is 13.0. The fraction of sp³-hybridized carbons (Fsp3) is 0.294. The van der Waals surface area contributed by atoms with E-state index in [2.05, 4.69) is 17.0 Å². The second-order valence-corrected chi connectivity index (χ2v) is 5.95. The standard InChI is InChI=1S/C17H18ClFN2/c18-15-3-1-14(2-4-15)13-20-9-11-21(12-10-20)17-7-5-16(19)6-8-17/h1-8H,9-13H2/p+1. The number of nitrogens with one attached hydrogen (secondary N) is 1. The Labute approximate surface area is 129 Å². The number of nitrogens with zero attached hydrogens (tertiary/aromatic N) is 1. The molecule has 0 spiro atoms. The highest BCUT2D eigenvalue weighted by molar-refractivity contribution is 6.30. The molecule has 0 aliphatic carbocycles. The van der Waals surface area contributed by atoms with Crippen molar-refractivity contribution < 1.29 is 9.29 Å². The highest BCUT2D eigenvalue weighted by atomic mass is 35.5. The van der Waals surface area contributed by atoms with Crippen molar-refractivity contribution in [3.05, 3.63) is 64.9 Å². The maximum Gasteiger partial charge on any atom is 0.123 e. The minimum Gasteiger partial charge on any atom is -0.360 e. The average Bonchev–Trinajstić information content (AvgIpc) is 2.51. The molecule has 1 saturated heterocycles. The van der Waals surface area contributed by atoms with E-state index in [4.69, 9.17) is 11.6 Å². The van der Waals surface area contributed by atoms with Crippen LogP contribution in [0.1, 0.15) is 5.56 Å². The van der Waals surface area contributed by atoms with E-state index in [1.54, 1.807) is 4.90 Å². The zero-order valence-electron chi connectivity index (χ0n) is 11.9. The van der Waals surface area contributed by atoms with Crippen molar-refractivity contribution in [1.82, 2.24) is 0 Å². The Morgan fingerprint density at radius 3 is 2.19 bits per heavy atom. The molecule has 1 N–H and O–H groups in total. The Balaban J connectivity index is 1.55. The van der Waals surface area contributed by atoms with Crippen LogP contribution in [0.4, 0.5) is 10.1 Å². The van der Waals surface area contributed by atoms with Gasteiger partial charge in [-0.3, -0.25) is 0 Å². The first-order valence-electron chi connectivity index (χ1n) is 7.29. The van der Waals surface area contributed by atoms with E-state index in [0.29, 0.717) is 0 Å². The normalized spacial score (nSPS) is 16.2. The minimum absolute atomic E-state index is 0.175. The summed E-state index contributed by atoms with van der Waals surface area (Å²) in [5, 5.41) is 0.787. The van der Waals surface area contributed by atoms with Crippen molar-refractivity contribution in [3.8, 4) is 0 Å². The number of rotatable bonds is 3. The van der Waals surface area contributed by atoms with Gasteiger partial charge < -0.3 is 9.80 Å². The first-order chi connectivity index (χ1) is 10.2. The van der Waals surface area contributed by atoms with Crippen LogP contribution in [0.25, 0.3) is 0 Å². The molecule has 2 aromatic rings. The molecule has 0 bridgehead atoms. The molecule has 0 unspecified atom stereocenters. The third kappa shape index (κ3) is 3.74. The van der Waals surface area contributed by atoms with Crippen LogP contribution >= 0.6 is 11.6 Å². The number of benzene rings is 2. The second-order valence-electron chi connectivity index (χ2n) is 5.52. The van der Waals surface area contributed by atoms with Crippen LogP contribution in [0.3, 0.4) is 0 Å². The molecule has 3 rings (SSSR count). The molecule has 1 fully saturated rings. The Morgan fingerprint density at radius 1 is 0.952 bits per heavy atom. The molecule has 2 nitrogen and oxygen atoms in total. The summed E-state index contributed by atoms with van der Waals surface area (Å²) in [4.78, 5) is 3.90. The molecule has 2 aromatic carbocycles. The molecule has 0 aromatic heterocycles. The number of hydrogen-bond acceptors (Lipinski definition) is 1. The van der Waals surface area contributed by atoms with Crippen molar-refractivity contribution in [2.24, 2.45) is 0 Å². The molecule has 0 amide bonds. The predicted molar refractivity (Wildman–Crippen MR) is 84.5 cm³/mol. The summed E-state index contributed by atoms with van der Waals surface area (Å²) in [5.41, 5.74) is 2.44. The lowest BCUT2D eigenvalue weighted by Gasteiger charge is -2.33. The molecular formula is C17H19ClFN2+. The number of quaternary nitrogens is 1. The summed E-state index contributed by atoms with van der Waals surface area (Å²) in [6.07, 6.45) is 0. The SMILES string of the molecule is Fc1ccc(N2CC[NH+](Cc3ccc(Cl)cc3)CC2)cc1. The molecule has 4 heteroatoms. The zero-order valence-corrected chi connectivity index (χ0v) is 12.6. The molecule has 0 atom stereocenters. The van der Waals surface area contributed by atoms with E-state index >= 15 is 0 Å². The van der Waals surface area contributed by atoms with Crippen molar-refractivity contribution in [2.45, 2.75) is 6.54 Å². The van der Waals surface area contributed by atoms with E-state index in [9.17, 15) is 4.39 Å². The van der Waals surface area contributed by atoms with Crippen molar-refractivity contribution >= 4 is 17.3 Å². The number of hydrogen-bond donors (Lipinski definition) is 1. The Kier molecular flexibility index (Phi) is 4.42. The molecule has 1 aliphatic heterocycles. The third-order valence-corrected chi connectivity index (χ3v) is 4.28. The van der Waals surface area contributed by atoms with E-state index < -0.39 is 0 Å². The second kappa shape index (κ2) is 6.46. The molecule has 1 heterocycles. The monoisotopic (exact) mass is 305 g/mol. The van der Waals surface area contributed by atoms with Crippen molar-refractivity contribution in [1.29, 1.82) is 0 Å². The van der Waals surface area contributed by atoms with Crippen LogP contribution in [-0.2, 0) is 6.54 Å². The molecule has 110 valence electrons. The quantitative estimate of drug-likeness (QED) is 0.915. The first kappa shape index (κ1) is 14.4. The molecular weight excluding hydrogens is 287 g/mol. The van der Waals surface area contributed by atoms with Gasteiger partial charge in [0.25, 0.3) is 0 Å². The van der Waals surface area contributed by atoms with Gasteiger partial charge in [0.05, 0.1) is 26.2 Å².